The lowest BCUT2D eigenvalue weighted by Crippen LogP contribution is -2.48. The monoisotopic (exact) mass is 703 g/mol. The Hall–Kier alpha value is -3.46. The molecule has 2 heterocycles. The van der Waals surface area contributed by atoms with Crippen LogP contribution < -0.4 is 4.74 Å². The molecule has 3 rings (SSSR count). The molecule has 0 radical (unpaired) electrons. The molecule has 1 amide bonds. The Balaban J connectivity index is 1.85. The van der Waals surface area contributed by atoms with Gasteiger partial charge >= 0.3 is 11.9 Å². The molecule has 15 heteroatoms. The highest BCUT2D eigenvalue weighted by atomic mass is 32.1. The van der Waals surface area contributed by atoms with Crippen LogP contribution in [0.3, 0.4) is 0 Å². The molecule has 0 saturated carbocycles. The lowest BCUT2D eigenvalue weighted by Gasteiger charge is -2.37. The predicted octanol–water partition coefficient (Wildman–Crippen LogP) is 6.64. The zero-order valence-corrected chi connectivity index (χ0v) is 28.9. The number of ketones is 1. The van der Waals surface area contributed by atoms with Gasteiger partial charge in [-0.15, -0.1) is 11.3 Å². The van der Waals surface area contributed by atoms with Crippen LogP contribution in [0.15, 0.2) is 5.38 Å². The fourth-order valence-electron chi connectivity index (χ4n) is 5.92. The van der Waals surface area contributed by atoms with Crippen molar-refractivity contribution in [2.75, 3.05) is 20.6 Å². The van der Waals surface area contributed by atoms with E-state index in [0.717, 1.165) is 49.4 Å². The van der Waals surface area contributed by atoms with Crippen molar-refractivity contribution < 1.29 is 50.6 Å². The minimum Gasteiger partial charge on any atom is -0.455 e. The van der Waals surface area contributed by atoms with Gasteiger partial charge in [0.05, 0.1) is 6.04 Å². The molecule has 1 aromatic heterocycles. The van der Waals surface area contributed by atoms with Gasteiger partial charge in [-0.1, -0.05) is 40.5 Å². The molecule has 1 fully saturated rings. The Labute approximate surface area is 280 Å². The van der Waals surface area contributed by atoms with Gasteiger partial charge in [0.2, 0.25) is 40.7 Å². The number of hydrogen-bond donors (Lipinski definition) is 0. The first-order valence-electron chi connectivity index (χ1n) is 15.9. The number of carbonyl (C=O) groups is 4. The topological polar surface area (TPSA) is 106 Å². The van der Waals surface area contributed by atoms with Gasteiger partial charge in [0.25, 0.3) is 0 Å². The van der Waals surface area contributed by atoms with E-state index >= 15 is 0 Å². The maximum absolute atomic E-state index is 14.1. The maximum atomic E-state index is 14.1. The minimum absolute atomic E-state index is 0.0243. The van der Waals surface area contributed by atoms with Crippen molar-refractivity contribution in [2.24, 2.45) is 17.8 Å². The van der Waals surface area contributed by atoms with Gasteiger partial charge in [0.1, 0.15) is 5.01 Å². The number of nitrogens with zero attached hydrogens (tertiary/aromatic N) is 3. The van der Waals surface area contributed by atoms with Crippen LogP contribution in [-0.2, 0) is 19.1 Å². The van der Waals surface area contributed by atoms with Crippen LogP contribution in [0.25, 0.3) is 0 Å². The summed E-state index contributed by atoms with van der Waals surface area (Å²) in [4.78, 5) is 59.9. The number of likely N-dealkylation sites (tertiary alicyclic amines) is 1. The van der Waals surface area contributed by atoms with Crippen molar-refractivity contribution in [2.45, 2.75) is 91.3 Å². The molecule has 1 aromatic carbocycles. The lowest BCUT2D eigenvalue weighted by molar-refractivity contribution is -0.149. The van der Waals surface area contributed by atoms with E-state index in [1.54, 1.807) is 11.9 Å². The molecule has 5 atom stereocenters. The van der Waals surface area contributed by atoms with Crippen molar-refractivity contribution >= 4 is 35.0 Å². The number of carbonyl (C=O) groups excluding carboxylic acids is 4. The van der Waals surface area contributed by atoms with E-state index in [0.29, 0.717) is 6.42 Å². The highest BCUT2D eigenvalue weighted by Crippen LogP contribution is 2.34. The van der Waals surface area contributed by atoms with Crippen LogP contribution in [-0.4, -0.2) is 71.1 Å². The van der Waals surface area contributed by atoms with E-state index in [-0.39, 0.29) is 47.4 Å². The molecule has 0 aliphatic carbocycles. The molecular weight excluding hydrogens is 661 g/mol. The average molecular weight is 704 g/mol. The van der Waals surface area contributed by atoms with Gasteiger partial charge in [-0.2, -0.15) is 8.78 Å². The second kappa shape index (κ2) is 16.8. The summed E-state index contributed by atoms with van der Waals surface area (Å²) in [5, 5.41) is 1.18. The van der Waals surface area contributed by atoms with E-state index < -0.39 is 70.5 Å². The number of thiazole rings is 1. The first-order valence-corrected chi connectivity index (χ1v) is 16.7. The van der Waals surface area contributed by atoms with Crippen molar-refractivity contribution in [3.63, 3.8) is 0 Å². The number of ether oxygens (including phenoxy) is 2. The highest BCUT2D eigenvalue weighted by Gasteiger charge is 2.38. The van der Waals surface area contributed by atoms with Crippen LogP contribution in [0.1, 0.15) is 94.7 Å². The number of piperidine rings is 1. The van der Waals surface area contributed by atoms with Crippen LogP contribution in [0.5, 0.6) is 5.75 Å². The number of amides is 1. The molecule has 9 nitrogen and oxygen atoms in total. The Morgan fingerprint density at radius 1 is 1.02 bits per heavy atom. The summed E-state index contributed by atoms with van der Waals surface area (Å²) >= 11 is 0.831. The molecule has 0 spiro atoms. The molecule has 0 N–H and O–H groups in total. The van der Waals surface area contributed by atoms with Crippen molar-refractivity contribution in [1.82, 2.24) is 14.8 Å². The number of esters is 2. The number of Topliss-reactive ketones (excluding diaryl/α,β-unsaturated/α-hetero) is 1. The Morgan fingerprint density at radius 2 is 1.62 bits per heavy atom. The quantitative estimate of drug-likeness (QED) is 0.0709. The van der Waals surface area contributed by atoms with Crippen LogP contribution in [0.2, 0.25) is 0 Å². The zero-order chi connectivity index (χ0) is 36.0. The number of halogens is 5. The van der Waals surface area contributed by atoms with Crippen LogP contribution in [0.4, 0.5) is 22.0 Å². The summed E-state index contributed by atoms with van der Waals surface area (Å²) in [7, 11) is 3.54. The maximum Gasteiger partial charge on any atom is 0.363 e. The van der Waals surface area contributed by atoms with Gasteiger partial charge in [-0.25, -0.2) is 22.9 Å². The number of benzene rings is 1. The Kier molecular flexibility index (Phi) is 13.6. The first-order chi connectivity index (χ1) is 22.5. The van der Waals surface area contributed by atoms with E-state index in [1.807, 2.05) is 39.6 Å². The van der Waals surface area contributed by atoms with Gasteiger partial charge in [-0.3, -0.25) is 19.3 Å². The number of hydrogen-bond acceptors (Lipinski definition) is 9. The van der Waals surface area contributed by atoms with Crippen molar-refractivity contribution in [3.05, 3.63) is 45.2 Å². The van der Waals surface area contributed by atoms with Crippen LogP contribution in [0, 0.1) is 46.8 Å². The predicted molar refractivity (Wildman–Crippen MR) is 167 cm³/mol. The molecular formula is C33H42F5N3O6S. The smallest absolute Gasteiger partial charge is 0.363 e. The largest absolute Gasteiger partial charge is 0.455 e. The van der Waals surface area contributed by atoms with E-state index in [1.165, 1.54) is 0 Å². The molecule has 266 valence electrons. The van der Waals surface area contributed by atoms with E-state index in [9.17, 15) is 41.1 Å². The molecule has 48 heavy (non-hydrogen) atoms. The molecule has 0 bridgehead atoms. The summed E-state index contributed by atoms with van der Waals surface area (Å²) in [5.41, 5.74) is -0.537. The summed E-state index contributed by atoms with van der Waals surface area (Å²) in [6.07, 6.45) is 2.41. The van der Waals surface area contributed by atoms with Crippen molar-refractivity contribution in [3.8, 4) is 5.75 Å². The Morgan fingerprint density at radius 3 is 2.17 bits per heavy atom. The molecule has 1 aliphatic rings. The average Bonchev–Trinajstić information content (AvgIpc) is 3.55. The van der Waals surface area contributed by atoms with Gasteiger partial charge < -0.3 is 14.4 Å². The summed E-state index contributed by atoms with van der Waals surface area (Å²) in [6, 6.07) is -0.772. The number of aromatic nitrogens is 1. The summed E-state index contributed by atoms with van der Waals surface area (Å²) < 4.78 is 78.9. The fraction of sp³-hybridized carbons (Fsp3) is 0.606. The van der Waals surface area contributed by atoms with Gasteiger partial charge in [0.15, 0.2) is 17.6 Å². The number of rotatable bonds is 14. The van der Waals surface area contributed by atoms with Crippen molar-refractivity contribution in [1.29, 1.82) is 0 Å². The van der Waals surface area contributed by atoms with Gasteiger partial charge in [0, 0.05) is 44.2 Å². The minimum atomic E-state index is -2.41. The van der Waals surface area contributed by atoms with Crippen LogP contribution >= 0.6 is 11.3 Å². The fourth-order valence-corrected chi connectivity index (χ4v) is 6.75. The third-order valence-electron chi connectivity index (χ3n) is 8.96. The van der Waals surface area contributed by atoms with E-state index in [2.05, 4.69) is 9.72 Å². The standard InChI is InChI=1S/C33H42F5N3O6S/c1-8-17(4)19(13-23(43)21-11-9-10-12-40(21)6)32(44)41(7)22(16(2)3)14-24(46-18(5)42)31-39-20(15-48-31)33(45)47-30-28(37)26(35)25(34)27(36)29(30)38/h15-17,19,21-22,24H,8-14H2,1-7H3/t17-,19-,21+,22+,24+/m0/s1. The van der Waals surface area contributed by atoms with E-state index in [4.69, 9.17) is 4.74 Å². The third-order valence-corrected chi connectivity index (χ3v) is 9.90. The first kappa shape index (κ1) is 39.0. The zero-order valence-electron chi connectivity index (χ0n) is 28.1. The number of likely N-dealkylation sites (N-methyl/N-ethyl adjacent to an activating group) is 1. The molecule has 0 unspecified atom stereocenters. The second-order valence-corrected chi connectivity index (χ2v) is 13.5. The SMILES string of the molecule is CC[C@H](C)[C@H](CC(=O)[C@H]1CCCCN1C)C(=O)N(C)[C@H](C[C@@H](OC(C)=O)c1nc(C(=O)Oc2c(F)c(F)c(F)c(F)c2F)cs1)C(C)C. The third kappa shape index (κ3) is 8.95. The lowest BCUT2D eigenvalue weighted by atomic mass is 9.83. The summed E-state index contributed by atoms with van der Waals surface area (Å²) in [5.74, 6) is -16.7. The van der Waals surface area contributed by atoms with Gasteiger partial charge in [-0.05, 0) is 38.3 Å². The molecule has 1 aliphatic heterocycles. The second-order valence-electron chi connectivity index (χ2n) is 12.6. The highest BCUT2D eigenvalue weighted by molar-refractivity contribution is 7.09. The molecule has 2 aromatic rings. The normalized spacial score (nSPS) is 17.8. The molecule has 1 saturated heterocycles. The summed E-state index contributed by atoms with van der Waals surface area (Å²) in [6.45, 7) is 9.60. The Bertz CT molecular complexity index is 1480.